The van der Waals surface area contributed by atoms with Crippen LogP contribution >= 0.6 is 23.8 Å². The Morgan fingerprint density at radius 3 is 2.96 bits per heavy atom. The number of halogens is 1. The van der Waals surface area contributed by atoms with Crippen LogP contribution in [0, 0.1) is 14.9 Å². The van der Waals surface area contributed by atoms with Crippen molar-refractivity contribution < 1.29 is 9.72 Å². The van der Waals surface area contributed by atoms with Crippen molar-refractivity contribution in [2.75, 3.05) is 0 Å². The molecule has 0 radical (unpaired) electrons. The van der Waals surface area contributed by atoms with E-state index in [4.69, 9.17) is 23.8 Å². The van der Waals surface area contributed by atoms with Crippen molar-refractivity contribution in [3.8, 4) is 0 Å². The Morgan fingerprint density at radius 2 is 2.30 bits per heavy atom. The molecular weight excluding hydrogens is 342 g/mol. The van der Waals surface area contributed by atoms with Crippen LogP contribution in [0.5, 0.6) is 0 Å². The van der Waals surface area contributed by atoms with Gasteiger partial charge in [-0.1, -0.05) is 11.6 Å². The van der Waals surface area contributed by atoms with Crippen LogP contribution in [0.4, 0.5) is 5.69 Å². The van der Waals surface area contributed by atoms with Gasteiger partial charge in [0.1, 0.15) is 0 Å². The Kier molecular flexibility index (Phi) is 4.14. The van der Waals surface area contributed by atoms with Gasteiger partial charge in [-0.2, -0.15) is 5.10 Å². The number of non-ortho nitro benzene ring substituents is 1. The van der Waals surface area contributed by atoms with Crippen LogP contribution in [-0.4, -0.2) is 25.6 Å². The van der Waals surface area contributed by atoms with Gasteiger partial charge in [0.05, 0.1) is 22.1 Å². The van der Waals surface area contributed by atoms with E-state index in [-0.39, 0.29) is 22.8 Å². The molecule has 8 nitrogen and oxygen atoms in total. The van der Waals surface area contributed by atoms with E-state index in [1.165, 1.54) is 12.1 Å². The number of nitrogens with one attached hydrogen (secondary N) is 2. The highest BCUT2D eigenvalue weighted by molar-refractivity contribution is 7.71. The van der Waals surface area contributed by atoms with Gasteiger partial charge in [-0.3, -0.25) is 24.6 Å². The second-order valence-corrected chi connectivity index (χ2v) is 5.94. The molecular formula is C13H12ClN5O3S. The molecule has 1 amide bonds. The van der Waals surface area contributed by atoms with Crippen LogP contribution in [0.15, 0.2) is 18.2 Å². The maximum absolute atomic E-state index is 12.2. The third-order valence-electron chi connectivity index (χ3n) is 3.50. The number of hydrogen-bond donors (Lipinski definition) is 2. The van der Waals surface area contributed by atoms with Gasteiger partial charge in [-0.25, -0.2) is 0 Å². The summed E-state index contributed by atoms with van der Waals surface area (Å²) in [7, 11) is 0. The van der Waals surface area contributed by atoms with Crippen LogP contribution in [0.2, 0.25) is 5.02 Å². The van der Waals surface area contributed by atoms with Gasteiger partial charge < -0.3 is 5.32 Å². The molecule has 1 saturated carbocycles. The topological polar surface area (TPSA) is 106 Å². The average molecular weight is 354 g/mol. The first-order valence-corrected chi connectivity index (χ1v) is 7.64. The zero-order valence-electron chi connectivity index (χ0n) is 11.8. The first-order chi connectivity index (χ1) is 11.0. The Morgan fingerprint density at radius 1 is 1.57 bits per heavy atom. The first kappa shape index (κ1) is 15.6. The summed E-state index contributed by atoms with van der Waals surface area (Å²) < 4.78 is 2.40. The minimum absolute atomic E-state index is 0.0490. The lowest BCUT2D eigenvalue weighted by molar-refractivity contribution is -0.384. The molecule has 0 bridgehead atoms. The number of carbonyl (C=O) groups excluding carboxylic acids is 1. The van der Waals surface area contributed by atoms with E-state index in [9.17, 15) is 14.9 Å². The summed E-state index contributed by atoms with van der Waals surface area (Å²) in [5.74, 6) is 0.113. The summed E-state index contributed by atoms with van der Waals surface area (Å²) in [6, 6.07) is 4.05. The number of benzene rings is 1. The molecule has 1 fully saturated rings. The van der Waals surface area contributed by atoms with E-state index in [2.05, 4.69) is 15.5 Å². The van der Waals surface area contributed by atoms with Crippen LogP contribution in [0.25, 0.3) is 0 Å². The monoisotopic (exact) mass is 353 g/mol. The minimum atomic E-state index is -0.578. The second-order valence-electron chi connectivity index (χ2n) is 5.15. The van der Waals surface area contributed by atoms with E-state index in [0.717, 1.165) is 18.9 Å². The lowest BCUT2D eigenvalue weighted by atomic mass is 10.2. The summed E-state index contributed by atoms with van der Waals surface area (Å²) in [5.41, 5.74) is -0.145. The van der Waals surface area contributed by atoms with Crippen LogP contribution in [-0.2, 0) is 6.54 Å². The molecule has 2 aromatic rings. The molecule has 2 N–H and O–H groups in total. The molecule has 1 aliphatic carbocycles. The third-order valence-corrected chi connectivity index (χ3v) is 4.12. The number of aromatic amines is 1. The predicted octanol–water partition coefficient (Wildman–Crippen LogP) is 2.77. The Bertz CT molecular complexity index is 842. The molecule has 120 valence electrons. The van der Waals surface area contributed by atoms with E-state index in [1.807, 2.05) is 4.57 Å². The van der Waals surface area contributed by atoms with Gasteiger partial charge in [0.2, 0.25) is 0 Å². The Labute approximate surface area is 140 Å². The number of nitro benzene ring substituents is 1. The SMILES string of the molecule is O=C(NCc1n[nH]c(=S)n1C1CC1)c1cc([N+](=O)[O-])ccc1Cl. The van der Waals surface area contributed by atoms with Crippen molar-refractivity contribution in [1.82, 2.24) is 20.1 Å². The lowest BCUT2D eigenvalue weighted by Gasteiger charge is -2.08. The average Bonchev–Trinajstić information content (AvgIpc) is 3.28. The molecule has 1 aliphatic rings. The zero-order chi connectivity index (χ0) is 16.6. The molecule has 0 unspecified atom stereocenters. The van der Waals surface area contributed by atoms with Crippen molar-refractivity contribution >= 4 is 35.4 Å². The first-order valence-electron chi connectivity index (χ1n) is 6.85. The number of nitrogens with zero attached hydrogens (tertiary/aromatic N) is 3. The van der Waals surface area contributed by atoms with E-state index >= 15 is 0 Å². The van der Waals surface area contributed by atoms with Gasteiger partial charge in [0, 0.05) is 18.2 Å². The highest BCUT2D eigenvalue weighted by Crippen LogP contribution is 2.35. The van der Waals surface area contributed by atoms with Gasteiger partial charge in [-0.15, -0.1) is 0 Å². The maximum Gasteiger partial charge on any atom is 0.270 e. The minimum Gasteiger partial charge on any atom is -0.345 e. The molecule has 1 aromatic heterocycles. The molecule has 0 atom stereocenters. The van der Waals surface area contributed by atoms with Gasteiger partial charge in [0.15, 0.2) is 10.6 Å². The van der Waals surface area contributed by atoms with Crippen LogP contribution in [0.3, 0.4) is 0 Å². The molecule has 3 rings (SSSR count). The fourth-order valence-electron chi connectivity index (χ4n) is 2.23. The molecule has 0 spiro atoms. The van der Waals surface area contributed by atoms with Crippen molar-refractivity contribution in [3.63, 3.8) is 0 Å². The second kappa shape index (κ2) is 6.09. The number of H-pyrrole nitrogens is 1. The summed E-state index contributed by atoms with van der Waals surface area (Å²) >= 11 is 11.1. The standard InChI is InChI=1S/C13H12ClN5O3S/c14-10-4-3-8(19(21)22)5-9(10)12(20)15-6-11-16-17-13(23)18(11)7-1-2-7/h3-5,7H,1-2,6H2,(H,15,20)(H,17,23). The fourth-order valence-corrected chi connectivity index (χ4v) is 2.73. The van der Waals surface area contributed by atoms with Gasteiger partial charge in [-0.05, 0) is 31.1 Å². The van der Waals surface area contributed by atoms with E-state index in [1.54, 1.807) is 0 Å². The van der Waals surface area contributed by atoms with Crippen LogP contribution < -0.4 is 5.32 Å². The zero-order valence-corrected chi connectivity index (χ0v) is 13.4. The highest BCUT2D eigenvalue weighted by Gasteiger charge is 2.27. The number of nitro groups is 1. The van der Waals surface area contributed by atoms with Gasteiger partial charge in [0.25, 0.3) is 11.6 Å². The Hall–Kier alpha value is -2.26. The summed E-state index contributed by atoms with van der Waals surface area (Å²) in [4.78, 5) is 22.4. The van der Waals surface area contributed by atoms with Crippen molar-refractivity contribution in [2.24, 2.45) is 0 Å². The molecule has 1 aromatic carbocycles. The molecule has 0 aliphatic heterocycles. The van der Waals surface area contributed by atoms with Crippen LogP contribution in [0.1, 0.15) is 35.1 Å². The summed E-state index contributed by atoms with van der Waals surface area (Å²) in [6.45, 7) is 0.154. The van der Waals surface area contributed by atoms with Crippen molar-refractivity contribution in [2.45, 2.75) is 25.4 Å². The van der Waals surface area contributed by atoms with Crippen molar-refractivity contribution in [3.05, 3.63) is 49.5 Å². The fraction of sp³-hybridized carbons (Fsp3) is 0.308. The number of rotatable bonds is 5. The molecule has 0 saturated heterocycles. The normalized spacial score (nSPS) is 13.8. The largest absolute Gasteiger partial charge is 0.345 e. The third kappa shape index (κ3) is 3.25. The summed E-state index contributed by atoms with van der Waals surface area (Å²) in [6.07, 6.45) is 2.07. The van der Waals surface area contributed by atoms with Crippen molar-refractivity contribution in [1.29, 1.82) is 0 Å². The number of aromatic nitrogens is 3. The molecule has 1 heterocycles. The molecule has 23 heavy (non-hydrogen) atoms. The highest BCUT2D eigenvalue weighted by atomic mass is 35.5. The Balaban J connectivity index is 1.76. The number of carbonyl (C=O) groups is 1. The predicted molar refractivity (Wildman–Crippen MR) is 85.0 cm³/mol. The lowest BCUT2D eigenvalue weighted by Crippen LogP contribution is -2.25. The quantitative estimate of drug-likeness (QED) is 0.488. The number of amides is 1. The number of hydrogen-bond acceptors (Lipinski definition) is 5. The molecule has 10 heteroatoms. The maximum atomic E-state index is 12.2. The summed E-state index contributed by atoms with van der Waals surface area (Å²) in [5, 5.41) is 20.4. The van der Waals surface area contributed by atoms with E-state index < -0.39 is 10.8 Å². The smallest absolute Gasteiger partial charge is 0.270 e. The van der Waals surface area contributed by atoms with Gasteiger partial charge >= 0.3 is 0 Å². The van der Waals surface area contributed by atoms with E-state index in [0.29, 0.717) is 16.6 Å².